The third-order valence-corrected chi connectivity index (χ3v) is 33.2. The topological polar surface area (TPSA) is 427 Å². The van der Waals surface area contributed by atoms with Crippen molar-refractivity contribution in [1.29, 1.82) is 0 Å². The molecule has 0 aliphatic heterocycles. The van der Waals surface area contributed by atoms with Crippen LogP contribution in [0.5, 0.6) is 0 Å². The Morgan fingerprint density at radius 1 is 0.343 bits per heavy atom. The monoisotopic (exact) mass is 1890 g/mol. The molecule has 12 N–H and O–H groups in total. The van der Waals surface area contributed by atoms with Crippen LogP contribution in [-0.2, 0) is 102 Å². The normalized spacial score (nSPS) is 14.4. The van der Waals surface area contributed by atoms with Crippen molar-refractivity contribution in [3.63, 3.8) is 0 Å². The van der Waals surface area contributed by atoms with Gasteiger partial charge in [-0.05, 0) is 147 Å². The Morgan fingerprint density at radius 2 is 0.619 bits per heavy atom. The van der Waals surface area contributed by atoms with Crippen molar-refractivity contribution in [3.05, 3.63) is 277 Å². The maximum absolute atomic E-state index is 16.8. The van der Waals surface area contributed by atoms with E-state index in [2.05, 4.69) is 53.2 Å². The predicted octanol–water partition coefficient (Wildman–Crippen LogP) is 7.10. The largest absolute Gasteiger partial charge is 0.448 e. The summed E-state index contributed by atoms with van der Waals surface area (Å²) in [5.74, 6) is -13.8. The Morgan fingerprint density at radius 3 is 0.948 bits per heavy atom. The molecule has 0 saturated carbocycles. The summed E-state index contributed by atoms with van der Waals surface area (Å²) in [5, 5.41) is 28.0. The molecule has 30 nitrogen and oxygen atoms in total. The Kier molecular flexibility index (Phi) is 33.3. The highest BCUT2D eigenvalue weighted by molar-refractivity contribution is 8.22. The number of primary amides is 1. The molecular formula is C100H111N13O17P2S2. The van der Waals surface area contributed by atoms with Gasteiger partial charge in [0, 0.05) is 49.6 Å². The van der Waals surface area contributed by atoms with Crippen molar-refractivity contribution in [2.45, 2.75) is 173 Å². The summed E-state index contributed by atoms with van der Waals surface area (Å²) in [6.45, 7) is 14.9. The number of hydrogen-bond acceptors (Lipinski definition) is 19. The van der Waals surface area contributed by atoms with Crippen LogP contribution in [0.2, 0.25) is 0 Å². The molecule has 10 atom stereocenters. The number of carbonyl (C=O) groups is 15. The van der Waals surface area contributed by atoms with Gasteiger partial charge < -0.3 is 68.4 Å². The summed E-state index contributed by atoms with van der Waals surface area (Å²) in [7, 11) is 0. The first kappa shape index (κ1) is 101. The summed E-state index contributed by atoms with van der Waals surface area (Å²) in [4.78, 5) is 223. The number of nitrogens with zero attached hydrogens (tertiary/aromatic N) is 2. The number of imide groups is 2. The van der Waals surface area contributed by atoms with Gasteiger partial charge in [-0.2, -0.15) is 0 Å². The molecule has 11 rings (SSSR count). The zero-order valence-electron chi connectivity index (χ0n) is 76.3. The van der Waals surface area contributed by atoms with Gasteiger partial charge in [0.1, 0.15) is 84.7 Å². The maximum Gasteiger partial charge on any atom is 0.417 e. The molecular weight excluding hydrogens is 1780 g/mol. The second-order valence-corrected chi connectivity index (χ2v) is 43.9. The van der Waals surface area contributed by atoms with Crippen LogP contribution < -0.4 is 80.1 Å². The van der Waals surface area contributed by atoms with Crippen molar-refractivity contribution in [2.75, 3.05) is 25.5 Å². The van der Waals surface area contributed by atoms with E-state index in [9.17, 15) is 33.6 Å². The Hall–Kier alpha value is -13.7. The first-order valence-electron chi connectivity index (χ1n) is 43.8. The van der Waals surface area contributed by atoms with Crippen molar-refractivity contribution in [3.8, 4) is 22.3 Å². The second-order valence-electron chi connectivity index (χ2n) is 34.4. The van der Waals surface area contributed by atoms with Crippen LogP contribution in [0.4, 0.5) is 9.59 Å². The van der Waals surface area contributed by atoms with Gasteiger partial charge in [0.05, 0.1) is 0 Å². The van der Waals surface area contributed by atoms with Gasteiger partial charge in [-0.1, -0.05) is 272 Å². The van der Waals surface area contributed by atoms with Gasteiger partial charge in [-0.25, -0.2) is 19.4 Å². The lowest BCUT2D eigenvalue weighted by Gasteiger charge is -2.36. The number of nitrogens with two attached hydrogens (primary N) is 1. The number of hydrogen-bond donors (Lipinski definition) is 11. The molecule has 0 aromatic heterocycles. The Balaban J connectivity index is 0.985. The molecule has 9 aromatic carbocycles. The number of fused-ring (bicyclic) bond motifs is 6. The molecule has 0 saturated heterocycles. The lowest BCUT2D eigenvalue weighted by Crippen LogP contribution is -2.65. The smallest absolute Gasteiger partial charge is 0.417 e. The highest BCUT2D eigenvalue weighted by Gasteiger charge is 2.49. The van der Waals surface area contributed by atoms with E-state index < -0.39 is 210 Å². The predicted molar refractivity (Wildman–Crippen MR) is 519 cm³/mol. The minimum atomic E-state index is -3.59. The fourth-order valence-electron chi connectivity index (χ4n) is 16.0. The summed E-state index contributed by atoms with van der Waals surface area (Å²) >= 11 is 13.7. The molecule has 0 fully saturated rings. The maximum atomic E-state index is 16.8. The first-order chi connectivity index (χ1) is 63.6. The highest BCUT2D eigenvalue weighted by Crippen LogP contribution is 2.49. The van der Waals surface area contributed by atoms with Gasteiger partial charge in [0.2, 0.25) is 65.0 Å². The van der Waals surface area contributed by atoms with Crippen LogP contribution in [0.25, 0.3) is 22.3 Å². The molecule has 34 heteroatoms. The van der Waals surface area contributed by atoms with Crippen LogP contribution in [0.1, 0.15) is 123 Å². The van der Waals surface area contributed by atoms with Gasteiger partial charge in [0.15, 0.2) is 0 Å². The summed E-state index contributed by atoms with van der Waals surface area (Å²) in [6, 6.07) is 49.8. The molecule has 9 aromatic rings. The fourth-order valence-corrected chi connectivity index (χ4v) is 24.0. The SMILES string of the molecule is CC(=O)N[C@@H](C)C(=O)N[C@@H](C)C(=O)NC(C)(C)C(=O)N[C@@H](Cc1ccccc1)C(=O)N(C(=O)OCC1c2ccccc2-c2ccccc21)[C@H](CP(=S)(c1ccccc1)c1ccccc1)C(=O)N[C@@H](C)C(=O)N[C@@H](C)C(=O)N(C(=O)OCC1c2ccccc2-c2ccccc21)[C@@H](CP(=S)(c1ccccc1)c1ccccc1)C(=O)N[C@@H](C)C(=O)N[C@@H](C)C(=O)NC(C)(C)C(=O)N[C@@H](C)C(N)=O. The average Bonchev–Trinajstić information content (AvgIpc) is 1.42. The third kappa shape index (κ3) is 24.0. The number of nitrogens with one attached hydrogen (secondary N) is 10. The van der Waals surface area contributed by atoms with Crippen LogP contribution in [0.3, 0.4) is 0 Å². The van der Waals surface area contributed by atoms with Crippen LogP contribution >= 0.6 is 12.1 Å². The van der Waals surface area contributed by atoms with E-state index in [1.165, 1.54) is 83.1 Å². The number of rotatable bonds is 38. The minimum Gasteiger partial charge on any atom is -0.448 e. The first-order valence-corrected chi connectivity index (χ1v) is 49.8. The molecule has 134 heavy (non-hydrogen) atoms. The van der Waals surface area contributed by atoms with Crippen molar-refractivity contribution < 1.29 is 81.4 Å². The summed E-state index contributed by atoms with van der Waals surface area (Å²) in [5.41, 5.74) is 8.65. The number of ether oxygens (including phenoxy) is 2. The fraction of sp³-hybridized carbons (Fsp3) is 0.310. The molecule has 0 spiro atoms. The van der Waals surface area contributed by atoms with Crippen molar-refractivity contribution in [2.24, 2.45) is 5.73 Å². The molecule has 0 unspecified atom stereocenters. The third-order valence-electron chi connectivity index (χ3n) is 23.5. The Bertz CT molecular complexity index is 5840. The summed E-state index contributed by atoms with van der Waals surface area (Å²) in [6.07, 6.45) is -4.29. The lowest BCUT2D eigenvalue weighted by atomic mass is 9.98. The van der Waals surface area contributed by atoms with E-state index >= 15 is 38.4 Å². The van der Waals surface area contributed by atoms with Crippen molar-refractivity contribution in [1.82, 2.24) is 63.0 Å². The number of carbonyl (C=O) groups excluding carboxylic acids is 15. The van der Waals surface area contributed by atoms with Crippen LogP contribution in [0.15, 0.2) is 249 Å². The number of amides is 15. The van der Waals surface area contributed by atoms with E-state index in [4.69, 9.17) is 38.8 Å². The number of benzene rings is 9. The van der Waals surface area contributed by atoms with Gasteiger partial charge in [0.25, 0.3) is 11.8 Å². The second kappa shape index (κ2) is 44.2. The van der Waals surface area contributed by atoms with Gasteiger partial charge >= 0.3 is 12.2 Å². The van der Waals surface area contributed by atoms with E-state index in [0.29, 0.717) is 36.6 Å². The quantitative estimate of drug-likeness (QED) is 0.0172. The molecule has 0 radical (unpaired) electrons. The standard InChI is InChI=1S/C100H111N13O17P2S2/c1-59(85(101)115)108-95(125)99(9,10)110-89(119)64(6)104-87(117)61(3)105-91(121)83(57-131(133,68-38-20-14-21-39-68)69-40-22-15-23-41-69)112(97(127)129-55-80-76-50-32-28-46-72(76)73-47-29-33-51-77(73)80)93(123)65(7)107-88(118)62(4)106-92(122)84(58-132(134,70-42-24-16-25-43-70)71-44-26-17-27-45-71)113(98(128)130-56-81-78-52-34-30-48-74(78)75-49-31-35-53-79(75)81)94(124)82(54-67-36-18-13-19-37-67)109-96(126)100(11,12)111-90(120)63(5)103-86(116)60(2)102-66(8)114/h13-53,59-65,80-84H,54-58H2,1-12H3,(H2,101,115)(H,102,114)(H,103,116)(H,104,117)(H,105,121)(H,106,122)(H,107,118)(H,108,125)(H,109,126)(H,110,119)(H,111,120)/t59-,60-,61-,62-,63-,64-,65-,82-,83-,84+/m0/s1. The van der Waals surface area contributed by atoms with E-state index in [0.717, 1.165) is 44.5 Å². The molecule has 2 aliphatic carbocycles. The summed E-state index contributed by atoms with van der Waals surface area (Å²) < 4.78 is 12.8. The zero-order valence-corrected chi connectivity index (χ0v) is 79.7. The Labute approximate surface area is 788 Å². The molecule has 700 valence electrons. The van der Waals surface area contributed by atoms with Crippen LogP contribution in [-0.4, -0.2) is 196 Å². The van der Waals surface area contributed by atoms with E-state index in [1.54, 1.807) is 152 Å². The lowest BCUT2D eigenvalue weighted by molar-refractivity contribution is -0.143. The molecule has 15 amide bonds. The van der Waals surface area contributed by atoms with Crippen molar-refractivity contribution >= 4 is 146 Å². The van der Waals surface area contributed by atoms with Gasteiger partial charge in [-0.15, -0.1) is 0 Å². The van der Waals surface area contributed by atoms with E-state index in [1.807, 2.05) is 97.1 Å². The van der Waals surface area contributed by atoms with Gasteiger partial charge in [-0.3, -0.25) is 62.3 Å². The molecule has 0 bridgehead atoms. The highest BCUT2D eigenvalue weighted by atomic mass is 32.4. The molecule has 0 heterocycles. The molecule has 2 aliphatic rings. The van der Waals surface area contributed by atoms with Crippen LogP contribution in [0, 0.1) is 0 Å². The minimum absolute atomic E-state index is 0.386. The average molecular weight is 1890 g/mol. The van der Waals surface area contributed by atoms with E-state index in [-0.39, 0.29) is 6.42 Å². The zero-order chi connectivity index (χ0) is 97.3.